The summed E-state index contributed by atoms with van der Waals surface area (Å²) in [5, 5.41) is 7.71. The van der Waals surface area contributed by atoms with Gasteiger partial charge in [-0.15, -0.1) is 23.7 Å². The van der Waals surface area contributed by atoms with E-state index >= 15 is 0 Å². The minimum Gasteiger partial charge on any atom is -0.497 e. The zero-order valence-corrected chi connectivity index (χ0v) is 15.3. The Labute approximate surface area is 147 Å². The molecule has 0 spiro atoms. The van der Waals surface area contributed by atoms with Crippen molar-refractivity contribution in [2.24, 2.45) is 0 Å². The average molecular weight is 355 g/mol. The maximum atomic E-state index is 12.6. The van der Waals surface area contributed by atoms with Crippen molar-refractivity contribution in [1.29, 1.82) is 0 Å². The van der Waals surface area contributed by atoms with E-state index in [1.54, 1.807) is 18.4 Å². The van der Waals surface area contributed by atoms with Crippen LogP contribution in [0, 0.1) is 6.92 Å². The van der Waals surface area contributed by atoms with E-state index in [2.05, 4.69) is 17.6 Å². The van der Waals surface area contributed by atoms with Crippen LogP contribution in [0.25, 0.3) is 10.1 Å². The van der Waals surface area contributed by atoms with Gasteiger partial charge in [0.2, 0.25) is 0 Å². The predicted molar refractivity (Wildman–Crippen MR) is 98.3 cm³/mol. The molecule has 0 saturated carbocycles. The first-order valence-corrected chi connectivity index (χ1v) is 8.53. The molecule has 1 aromatic heterocycles. The van der Waals surface area contributed by atoms with Crippen LogP contribution in [0.5, 0.6) is 5.75 Å². The fourth-order valence-corrected chi connectivity index (χ4v) is 4.11. The molecule has 0 bridgehead atoms. The molecule has 1 aliphatic heterocycles. The van der Waals surface area contributed by atoms with Crippen LogP contribution in [0.1, 0.15) is 35.0 Å². The molecule has 126 valence electrons. The fourth-order valence-electron chi connectivity index (χ4n) is 3.02. The number of rotatable bonds is 3. The quantitative estimate of drug-likeness (QED) is 0.886. The van der Waals surface area contributed by atoms with Gasteiger partial charge in [-0.1, -0.05) is 0 Å². The van der Waals surface area contributed by atoms with Crippen molar-refractivity contribution < 1.29 is 9.53 Å². The van der Waals surface area contributed by atoms with Crippen LogP contribution in [0.3, 0.4) is 0 Å². The Morgan fingerprint density at radius 1 is 1.43 bits per heavy atom. The average Bonchev–Trinajstić information content (AvgIpc) is 2.86. The van der Waals surface area contributed by atoms with E-state index in [1.165, 1.54) is 0 Å². The molecule has 2 N–H and O–H groups in total. The number of carbonyl (C=O) groups is 1. The Kier molecular flexibility index (Phi) is 5.89. The molecule has 2 aromatic rings. The molecule has 1 fully saturated rings. The van der Waals surface area contributed by atoms with E-state index in [0.717, 1.165) is 45.7 Å². The van der Waals surface area contributed by atoms with Crippen LogP contribution >= 0.6 is 23.7 Å². The number of piperidine rings is 1. The normalized spacial score (nSPS) is 20.8. The van der Waals surface area contributed by atoms with Gasteiger partial charge >= 0.3 is 0 Å². The molecule has 1 aliphatic rings. The largest absolute Gasteiger partial charge is 0.497 e. The van der Waals surface area contributed by atoms with Crippen LogP contribution < -0.4 is 15.4 Å². The lowest BCUT2D eigenvalue weighted by Crippen LogP contribution is -2.51. The van der Waals surface area contributed by atoms with E-state index in [1.807, 2.05) is 25.1 Å². The molecule has 4 nitrogen and oxygen atoms in total. The van der Waals surface area contributed by atoms with E-state index in [9.17, 15) is 4.79 Å². The molecule has 1 aromatic carbocycles. The predicted octanol–water partition coefficient (Wildman–Crippen LogP) is 3.51. The highest BCUT2D eigenvalue weighted by Crippen LogP contribution is 2.33. The van der Waals surface area contributed by atoms with Crippen LogP contribution in [-0.2, 0) is 0 Å². The maximum Gasteiger partial charge on any atom is 0.261 e. The molecule has 6 heteroatoms. The first kappa shape index (κ1) is 18.0. The second-order valence-electron chi connectivity index (χ2n) is 5.88. The van der Waals surface area contributed by atoms with Crippen molar-refractivity contribution in [3.63, 3.8) is 0 Å². The number of aryl methyl sites for hydroxylation is 1. The molecule has 0 aliphatic carbocycles. The molecular formula is C17H23ClN2O2S. The van der Waals surface area contributed by atoms with E-state index < -0.39 is 0 Å². The number of amides is 1. The van der Waals surface area contributed by atoms with Gasteiger partial charge in [0.1, 0.15) is 5.75 Å². The highest BCUT2D eigenvalue weighted by molar-refractivity contribution is 7.21. The monoisotopic (exact) mass is 354 g/mol. The fraction of sp³-hybridized carbons (Fsp3) is 0.471. The van der Waals surface area contributed by atoms with Crippen LogP contribution in [0.4, 0.5) is 0 Å². The smallest absolute Gasteiger partial charge is 0.261 e. The Morgan fingerprint density at radius 2 is 2.22 bits per heavy atom. The topological polar surface area (TPSA) is 50.4 Å². The Morgan fingerprint density at radius 3 is 2.91 bits per heavy atom. The molecule has 0 radical (unpaired) electrons. The van der Waals surface area contributed by atoms with Gasteiger partial charge in [-0.2, -0.15) is 0 Å². The first-order chi connectivity index (χ1) is 10.6. The molecule has 2 atom stereocenters. The molecule has 1 amide bonds. The number of halogens is 1. The van der Waals surface area contributed by atoms with Gasteiger partial charge in [-0.25, -0.2) is 0 Å². The molecule has 1 saturated heterocycles. The lowest BCUT2D eigenvalue weighted by atomic mass is 9.99. The number of thiophene rings is 1. The number of fused-ring (bicyclic) bond motifs is 1. The number of hydrogen-bond donors (Lipinski definition) is 2. The Balaban J connectivity index is 0.00000192. The summed E-state index contributed by atoms with van der Waals surface area (Å²) in [6, 6.07) is 6.50. The third kappa shape index (κ3) is 3.62. The SMILES string of the molecule is COc1ccc2sc(C(=O)NC3CCCNC3C)c(C)c2c1.Cl. The molecule has 3 rings (SSSR count). The van der Waals surface area contributed by atoms with Gasteiger partial charge in [-0.05, 0) is 62.4 Å². The standard InChI is InChI=1S/C17H22N2O2S.ClH/c1-10-13-9-12(21-3)6-7-15(13)22-16(10)17(20)19-14-5-4-8-18-11(14)2;/h6-7,9,11,14,18H,4-5,8H2,1-3H3,(H,19,20);1H. The van der Waals surface area contributed by atoms with E-state index in [-0.39, 0.29) is 24.4 Å². The first-order valence-electron chi connectivity index (χ1n) is 7.71. The van der Waals surface area contributed by atoms with Gasteiger partial charge in [0.05, 0.1) is 12.0 Å². The number of benzene rings is 1. The molecule has 2 unspecified atom stereocenters. The third-order valence-corrected chi connectivity index (χ3v) is 5.70. The van der Waals surface area contributed by atoms with E-state index in [4.69, 9.17) is 4.74 Å². The zero-order chi connectivity index (χ0) is 15.7. The maximum absolute atomic E-state index is 12.6. The zero-order valence-electron chi connectivity index (χ0n) is 13.6. The van der Waals surface area contributed by atoms with Crippen LogP contribution in [0.15, 0.2) is 18.2 Å². The summed E-state index contributed by atoms with van der Waals surface area (Å²) in [4.78, 5) is 13.5. The lowest BCUT2D eigenvalue weighted by Gasteiger charge is -2.30. The van der Waals surface area contributed by atoms with Crippen LogP contribution in [0.2, 0.25) is 0 Å². The van der Waals surface area contributed by atoms with Crippen LogP contribution in [-0.4, -0.2) is 31.6 Å². The van der Waals surface area contributed by atoms with Crippen molar-refractivity contribution in [2.75, 3.05) is 13.7 Å². The Hall–Kier alpha value is -1.30. The second-order valence-corrected chi connectivity index (χ2v) is 6.94. The van der Waals surface area contributed by atoms with Crippen molar-refractivity contribution in [1.82, 2.24) is 10.6 Å². The van der Waals surface area contributed by atoms with Gasteiger partial charge in [0, 0.05) is 16.8 Å². The minimum absolute atomic E-state index is 0. The Bertz CT molecular complexity index is 701. The van der Waals surface area contributed by atoms with E-state index in [0.29, 0.717) is 6.04 Å². The number of carbonyl (C=O) groups excluding carboxylic acids is 1. The number of nitrogens with one attached hydrogen (secondary N) is 2. The van der Waals surface area contributed by atoms with Crippen molar-refractivity contribution >= 4 is 39.7 Å². The van der Waals surface area contributed by atoms with Gasteiger partial charge in [0.25, 0.3) is 5.91 Å². The number of ether oxygens (including phenoxy) is 1. The third-order valence-electron chi connectivity index (χ3n) is 4.43. The van der Waals surface area contributed by atoms with Gasteiger partial charge < -0.3 is 15.4 Å². The summed E-state index contributed by atoms with van der Waals surface area (Å²) in [6.07, 6.45) is 2.15. The highest BCUT2D eigenvalue weighted by Gasteiger charge is 2.24. The summed E-state index contributed by atoms with van der Waals surface area (Å²) in [5.41, 5.74) is 1.04. The highest BCUT2D eigenvalue weighted by atomic mass is 35.5. The minimum atomic E-state index is 0. The number of methoxy groups -OCH3 is 1. The van der Waals surface area contributed by atoms with Crippen molar-refractivity contribution in [2.45, 2.75) is 38.8 Å². The lowest BCUT2D eigenvalue weighted by molar-refractivity contribution is 0.0923. The summed E-state index contributed by atoms with van der Waals surface area (Å²) < 4.78 is 6.40. The summed E-state index contributed by atoms with van der Waals surface area (Å²) in [6.45, 7) is 5.18. The van der Waals surface area contributed by atoms with Crippen molar-refractivity contribution in [3.05, 3.63) is 28.6 Å². The molecule has 23 heavy (non-hydrogen) atoms. The second kappa shape index (κ2) is 7.51. The summed E-state index contributed by atoms with van der Waals surface area (Å²) >= 11 is 1.55. The summed E-state index contributed by atoms with van der Waals surface area (Å²) in [7, 11) is 1.66. The molecule has 2 heterocycles. The number of hydrogen-bond acceptors (Lipinski definition) is 4. The van der Waals surface area contributed by atoms with Gasteiger partial charge in [-0.3, -0.25) is 4.79 Å². The van der Waals surface area contributed by atoms with Crippen molar-refractivity contribution in [3.8, 4) is 5.75 Å². The summed E-state index contributed by atoms with van der Waals surface area (Å²) in [5.74, 6) is 0.865. The molecular weight excluding hydrogens is 332 g/mol. The van der Waals surface area contributed by atoms with Gasteiger partial charge in [0.15, 0.2) is 0 Å².